The Bertz CT molecular complexity index is 104. The van der Waals surface area contributed by atoms with Crippen LogP contribution in [-0.4, -0.2) is 38.1 Å². The van der Waals surface area contributed by atoms with Crippen molar-refractivity contribution in [2.45, 2.75) is 46.0 Å². The molecule has 0 saturated heterocycles. The fraction of sp³-hybridized carbons (Fsp3) is 1.00. The lowest BCUT2D eigenvalue weighted by Crippen LogP contribution is -2.22. The third kappa shape index (κ3) is 10.0. The lowest BCUT2D eigenvalue weighted by atomic mass is 10.2. The average molecular weight is 200 g/mol. The van der Waals surface area contributed by atoms with Crippen LogP contribution < -0.4 is 5.32 Å². The first-order valence-corrected chi connectivity index (χ1v) is 6.20. The van der Waals surface area contributed by atoms with E-state index in [4.69, 9.17) is 0 Å². The van der Waals surface area contributed by atoms with Crippen molar-refractivity contribution in [1.29, 1.82) is 0 Å². The van der Waals surface area contributed by atoms with Crippen molar-refractivity contribution >= 4 is 0 Å². The Hall–Kier alpha value is -0.0800. The quantitative estimate of drug-likeness (QED) is 0.545. The van der Waals surface area contributed by atoms with Crippen LogP contribution in [0, 0.1) is 0 Å². The molecule has 0 aliphatic carbocycles. The van der Waals surface area contributed by atoms with E-state index in [1.807, 2.05) is 0 Å². The van der Waals surface area contributed by atoms with Crippen molar-refractivity contribution in [3.63, 3.8) is 0 Å². The molecule has 0 heterocycles. The van der Waals surface area contributed by atoms with Gasteiger partial charge >= 0.3 is 0 Å². The molecule has 0 fully saturated rings. The van der Waals surface area contributed by atoms with Crippen LogP contribution in [0.4, 0.5) is 0 Å². The zero-order chi connectivity index (χ0) is 10.6. The molecule has 2 nitrogen and oxygen atoms in total. The number of nitrogens with one attached hydrogen (secondary N) is 1. The monoisotopic (exact) mass is 200 g/mol. The summed E-state index contributed by atoms with van der Waals surface area (Å²) in [5.74, 6) is 0. The summed E-state index contributed by atoms with van der Waals surface area (Å²) in [5.41, 5.74) is 0. The molecule has 0 aromatic heterocycles. The normalized spacial score (nSPS) is 11.1. The summed E-state index contributed by atoms with van der Waals surface area (Å²) in [6, 6.07) is 0. The fourth-order valence-corrected chi connectivity index (χ4v) is 1.47. The summed E-state index contributed by atoms with van der Waals surface area (Å²) < 4.78 is 0. The van der Waals surface area contributed by atoms with Crippen LogP contribution in [0.2, 0.25) is 0 Å². The van der Waals surface area contributed by atoms with Gasteiger partial charge in [-0.15, -0.1) is 0 Å². The molecule has 0 aliphatic rings. The molecule has 0 aliphatic heterocycles. The summed E-state index contributed by atoms with van der Waals surface area (Å²) >= 11 is 0. The smallest absolute Gasteiger partial charge is 0.00213 e. The third-order valence-corrected chi connectivity index (χ3v) is 2.46. The second kappa shape index (κ2) is 11.0. The predicted octanol–water partition coefficient (Wildman–Crippen LogP) is 2.50. The van der Waals surface area contributed by atoms with Gasteiger partial charge in [-0.3, -0.25) is 0 Å². The van der Waals surface area contributed by atoms with Gasteiger partial charge in [-0.2, -0.15) is 0 Å². The number of unbranched alkanes of at least 4 members (excludes halogenated alkanes) is 2. The number of nitrogens with zero attached hydrogens (tertiary/aromatic N) is 1. The lowest BCUT2D eigenvalue weighted by Gasteiger charge is -2.15. The highest BCUT2D eigenvalue weighted by atomic mass is 15.1. The SMILES string of the molecule is CCCCN(C)CCCCNCCC. The van der Waals surface area contributed by atoms with Crippen LogP contribution in [0.1, 0.15) is 46.0 Å². The van der Waals surface area contributed by atoms with Gasteiger partial charge in [0.05, 0.1) is 0 Å². The van der Waals surface area contributed by atoms with Gasteiger partial charge in [0.25, 0.3) is 0 Å². The summed E-state index contributed by atoms with van der Waals surface area (Å²) in [5, 5.41) is 3.43. The molecule has 0 aromatic rings. The maximum absolute atomic E-state index is 3.43. The minimum atomic E-state index is 1.17. The Kier molecular flexibility index (Phi) is 10.9. The predicted molar refractivity (Wildman–Crippen MR) is 64.8 cm³/mol. The van der Waals surface area contributed by atoms with Gasteiger partial charge in [-0.05, 0) is 58.9 Å². The molecule has 0 spiro atoms. The molecule has 14 heavy (non-hydrogen) atoms. The molecule has 0 bridgehead atoms. The summed E-state index contributed by atoms with van der Waals surface area (Å²) in [7, 11) is 2.23. The minimum Gasteiger partial charge on any atom is -0.317 e. The van der Waals surface area contributed by atoms with E-state index in [1.54, 1.807) is 0 Å². The maximum atomic E-state index is 3.43. The average Bonchev–Trinajstić information content (AvgIpc) is 2.20. The molecular formula is C12H28N2. The molecule has 0 amide bonds. The Morgan fingerprint density at radius 3 is 2.21 bits per heavy atom. The van der Waals surface area contributed by atoms with E-state index in [0.29, 0.717) is 0 Å². The molecule has 86 valence electrons. The molecule has 1 N–H and O–H groups in total. The Morgan fingerprint density at radius 1 is 0.857 bits per heavy atom. The molecule has 0 aromatic carbocycles. The summed E-state index contributed by atoms with van der Waals surface area (Å²) in [4.78, 5) is 2.45. The van der Waals surface area contributed by atoms with E-state index in [9.17, 15) is 0 Å². The van der Waals surface area contributed by atoms with E-state index in [1.165, 1.54) is 58.3 Å². The van der Waals surface area contributed by atoms with Crippen molar-refractivity contribution in [1.82, 2.24) is 10.2 Å². The van der Waals surface area contributed by atoms with Crippen molar-refractivity contribution < 1.29 is 0 Å². The zero-order valence-corrected chi connectivity index (χ0v) is 10.3. The number of hydrogen-bond acceptors (Lipinski definition) is 2. The molecular weight excluding hydrogens is 172 g/mol. The molecule has 0 unspecified atom stereocenters. The second-order valence-electron chi connectivity index (χ2n) is 4.11. The van der Waals surface area contributed by atoms with Gasteiger partial charge in [-0.1, -0.05) is 20.3 Å². The van der Waals surface area contributed by atoms with Crippen molar-refractivity contribution in [2.24, 2.45) is 0 Å². The van der Waals surface area contributed by atoms with E-state index >= 15 is 0 Å². The topological polar surface area (TPSA) is 15.3 Å². The van der Waals surface area contributed by atoms with Crippen molar-refractivity contribution in [3.8, 4) is 0 Å². The van der Waals surface area contributed by atoms with Gasteiger partial charge in [-0.25, -0.2) is 0 Å². The van der Waals surface area contributed by atoms with Gasteiger partial charge in [0.1, 0.15) is 0 Å². The lowest BCUT2D eigenvalue weighted by molar-refractivity contribution is 0.319. The first-order chi connectivity index (χ1) is 6.81. The highest BCUT2D eigenvalue weighted by molar-refractivity contribution is 4.53. The van der Waals surface area contributed by atoms with E-state index < -0.39 is 0 Å². The van der Waals surface area contributed by atoms with Crippen LogP contribution in [0.15, 0.2) is 0 Å². The van der Waals surface area contributed by atoms with Crippen LogP contribution >= 0.6 is 0 Å². The number of rotatable bonds is 10. The molecule has 0 atom stereocenters. The second-order valence-corrected chi connectivity index (χ2v) is 4.11. The van der Waals surface area contributed by atoms with Gasteiger partial charge in [0, 0.05) is 0 Å². The Morgan fingerprint density at radius 2 is 1.57 bits per heavy atom. The largest absolute Gasteiger partial charge is 0.317 e. The first-order valence-electron chi connectivity index (χ1n) is 6.20. The van der Waals surface area contributed by atoms with Crippen LogP contribution in [-0.2, 0) is 0 Å². The highest BCUT2D eigenvalue weighted by Crippen LogP contribution is 1.95. The van der Waals surface area contributed by atoms with Crippen LogP contribution in [0.25, 0.3) is 0 Å². The Labute approximate surface area is 90.1 Å². The minimum absolute atomic E-state index is 1.17. The molecule has 0 radical (unpaired) electrons. The van der Waals surface area contributed by atoms with Gasteiger partial charge in [0.15, 0.2) is 0 Å². The maximum Gasteiger partial charge on any atom is -0.00213 e. The molecule has 2 heteroatoms. The van der Waals surface area contributed by atoms with E-state index in [0.717, 1.165) is 0 Å². The van der Waals surface area contributed by atoms with Crippen molar-refractivity contribution in [2.75, 3.05) is 33.2 Å². The Balaban J connectivity index is 3.02. The molecule has 0 saturated carbocycles. The summed E-state index contributed by atoms with van der Waals surface area (Å²) in [6.07, 6.45) is 6.54. The van der Waals surface area contributed by atoms with Crippen LogP contribution in [0.3, 0.4) is 0 Å². The van der Waals surface area contributed by atoms with Crippen molar-refractivity contribution in [3.05, 3.63) is 0 Å². The van der Waals surface area contributed by atoms with Gasteiger partial charge in [0.2, 0.25) is 0 Å². The third-order valence-electron chi connectivity index (χ3n) is 2.46. The fourth-order valence-electron chi connectivity index (χ4n) is 1.47. The first kappa shape index (κ1) is 13.9. The zero-order valence-electron chi connectivity index (χ0n) is 10.3. The standard InChI is InChI=1S/C12H28N2/c1-4-6-11-14(3)12-8-7-10-13-9-5-2/h13H,4-12H2,1-3H3. The molecule has 0 rings (SSSR count). The van der Waals surface area contributed by atoms with E-state index in [-0.39, 0.29) is 0 Å². The van der Waals surface area contributed by atoms with Gasteiger partial charge < -0.3 is 10.2 Å². The summed E-state index contributed by atoms with van der Waals surface area (Å²) in [6.45, 7) is 9.35. The van der Waals surface area contributed by atoms with E-state index in [2.05, 4.69) is 31.1 Å². The highest BCUT2D eigenvalue weighted by Gasteiger charge is 1.96. The number of hydrogen-bond donors (Lipinski definition) is 1. The van der Waals surface area contributed by atoms with Crippen LogP contribution in [0.5, 0.6) is 0 Å².